The number of nitrogens with one attached hydrogen (secondary N) is 1. The summed E-state index contributed by atoms with van der Waals surface area (Å²) in [6.07, 6.45) is 7.74. The van der Waals surface area contributed by atoms with Gasteiger partial charge in [0, 0.05) is 31.5 Å². The monoisotopic (exact) mass is 378 g/mol. The third-order valence-electron chi connectivity index (χ3n) is 4.48. The molecule has 0 saturated heterocycles. The molecule has 0 saturated carbocycles. The van der Waals surface area contributed by atoms with Gasteiger partial charge < -0.3 is 9.73 Å². The summed E-state index contributed by atoms with van der Waals surface area (Å²) < 4.78 is 9.15. The number of rotatable bonds is 7. The highest BCUT2D eigenvalue weighted by atomic mass is 16.3. The molecule has 0 unspecified atom stereocenters. The summed E-state index contributed by atoms with van der Waals surface area (Å²) >= 11 is 0. The maximum Gasteiger partial charge on any atom is 0.252 e. The van der Waals surface area contributed by atoms with Gasteiger partial charge in [-0.1, -0.05) is 0 Å². The Morgan fingerprint density at radius 1 is 1.29 bits per heavy atom. The van der Waals surface area contributed by atoms with E-state index in [0.29, 0.717) is 29.2 Å². The van der Waals surface area contributed by atoms with Crippen LogP contribution < -0.4 is 5.32 Å². The Bertz CT molecular complexity index is 1060. The molecule has 8 heteroatoms. The first kappa shape index (κ1) is 18.0. The van der Waals surface area contributed by atoms with E-state index < -0.39 is 0 Å². The van der Waals surface area contributed by atoms with E-state index in [0.717, 1.165) is 18.4 Å². The van der Waals surface area contributed by atoms with Crippen LogP contribution in [0.15, 0.2) is 53.5 Å². The van der Waals surface area contributed by atoms with Crippen molar-refractivity contribution in [2.45, 2.75) is 32.9 Å². The Balaban J connectivity index is 1.60. The topological polar surface area (TPSA) is 90.8 Å². The van der Waals surface area contributed by atoms with Crippen LogP contribution in [0.3, 0.4) is 0 Å². The van der Waals surface area contributed by atoms with Gasteiger partial charge in [0.15, 0.2) is 11.4 Å². The van der Waals surface area contributed by atoms with E-state index in [-0.39, 0.29) is 11.9 Å². The highest BCUT2D eigenvalue weighted by Gasteiger charge is 2.19. The van der Waals surface area contributed by atoms with Gasteiger partial charge in [-0.05, 0) is 44.5 Å². The van der Waals surface area contributed by atoms with Gasteiger partial charge in [0.05, 0.1) is 23.4 Å². The zero-order chi connectivity index (χ0) is 19.5. The van der Waals surface area contributed by atoms with Crippen LogP contribution in [-0.2, 0) is 6.54 Å². The number of carbonyl (C=O) groups is 1. The Kier molecular flexibility index (Phi) is 4.92. The maximum absolute atomic E-state index is 12.9. The van der Waals surface area contributed by atoms with Crippen LogP contribution in [0.4, 0.5) is 0 Å². The Hall–Kier alpha value is -3.42. The van der Waals surface area contributed by atoms with Crippen LogP contribution in [0, 0.1) is 0 Å². The first-order chi connectivity index (χ1) is 13.6. The Labute approximate surface area is 162 Å². The Morgan fingerprint density at radius 2 is 2.18 bits per heavy atom. The summed E-state index contributed by atoms with van der Waals surface area (Å²) in [5.74, 6) is 0.468. The minimum absolute atomic E-state index is 0.127. The van der Waals surface area contributed by atoms with Crippen LogP contribution in [-0.4, -0.2) is 37.0 Å². The molecule has 4 aromatic heterocycles. The minimum atomic E-state index is -0.149. The smallest absolute Gasteiger partial charge is 0.252 e. The van der Waals surface area contributed by atoms with Gasteiger partial charge in [0.2, 0.25) is 0 Å². The average molecular weight is 378 g/mol. The third-order valence-corrected chi connectivity index (χ3v) is 4.48. The van der Waals surface area contributed by atoms with Crippen LogP contribution in [0.5, 0.6) is 0 Å². The number of hydrogen-bond donors (Lipinski definition) is 1. The Morgan fingerprint density at radius 3 is 2.89 bits per heavy atom. The van der Waals surface area contributed by atoms with Crippen molar-refractivity contribution < 1.29 is 9.21 Å². The SMILES string of the molecule is CC(C)n1ncc2c(C(=O)NCCCn3cccn3)cc(-c3ccco3)nc21. The second-order valence-corrected chi connectivity index (χ2v) is 6.83. The predicted octanol–water partition coefficient (Wildman–Crippen LogP) is 3.29. The fourth-order valence-corrected chi connectivity index (χ4v) is 3.11. The van der Waals surface area contributed by atoms with Gasteiger partial charge >= 0.3 is 0 Å². The van der Waals surface area contributed by atoms with E-state index >= 15 is 0 Å². The maximum atomic E-state index is 12.9. The van der Waals surface area contributed by atoms with Crippen molar-refractivity contribution in [3.63, 3.8) is 0 Å². The summed E-state index contributed by atoms with van der Waals surface area (Å²) in [5.41, 5.74) is 1.83. The van der Waals surface area contributed by atoms with E-state index in [4.69, 9.17) is 4.42 Å². The van der Waals surface area contributed by atoms with E-state index in [1.54, 1.807) is 30.8 Å². The lowest BCUT2D eigenvalue weighted by atomic mass is 10.1. The molecule has 0 aliphatic carbocycles. The van der Waals surface area contributed by atoms with Crippen LogP contribution in [0.25, 0.3) is 22.5 Å². The van der Waals surface area contributed by atoms with Gasteiger partial charge in [-0.25, -0.2) is 9.67 Å². The number of aryl methyl sites for hydroxylation is 1. The number of carbonyl (C=O) groups excluding carboxylic acids is 1. The standard InChI is InChI=1S/C20H22N6O2/c1-14(2)26-19-16(13-23-26)15(12-17(24-19)18-6-3-11-28-18)20(27)21-7-4-9-25-10-5-8-22-25/h3,5-6,8,10-14H,4,7,9H2,1-2H3,(H,21,27). The van der Waals surface area contributed by atoms with Crippen LogP contribution in [0.1, 0.15) is 36.7 Å². The van der Waals surface area contributed by atoms with Crippen molar-refractivity contribution >= 4 is 16.9 Å². The fourth-order valence-electron chi connectivity index (χ4n) is 3.11. The van der Waals surface area contributed by atoms with Crippen LogP contribution in [0.2, 0.25) is 0 Å². The molecule has 0 atom stereocenters. The summed E-state index contributed by atoms with van der Waals surface area (Å²) in [7, 11) is 0. The molecule has 0 aromatic carbocycles. The molecule has 0 radical (unpaired) electrons. The highest BCUT2D eigenvalue weighted by Crippen LogP contribution is 2.26. The molecule has 0 spiro atoms. The van der Waals surface area contributed by atoms with Gasteiger partial charge in [0.1, 0.15) is 5.69 Å². The zero-order valence-electron chi connectivity index (χ0n) is 15.9. The lowest BCUT2D eigenvalue weighted by Gasteiger charge is -2.10. The summed E-state index contributed by atoms with van der Waals surface area (Å²) in [6, 6.07) is 7.40. The van der Waals surface area contributed by atoms with Gasteiger partial charge in [-0.3, -0.25) is 9.48 Å². The first-order valence-electron chi connectivity index (χ1n) is 9.31. The van der Waals surface area contributed by atoms with E-state index in [9.17, 15) is 4.79 Å². The summed E-state index contributed by atoms with van der Waals surface area (Å²) in [5, 5.41) is 12.3. The van der Waals surface area contributed by atoms with Crippen molar-refractivity contribution in [1.29, 1.82) is 0 Å². The van der Waals surface area contributed by atoms with Crippen molar-refractivity contribution in [2.24, 2.45) is 0 Å². The number of amides is 1. The van der Waals surface area contributed by atoms with Crippen molar-refractivity contribution in [3.8, 4) is 11.5 Å². The molecule has 144 valence electrons. The highest BCUT2D eigenvalue weighted by molar-refractivity contribution is 6.06. The van der Waals surface area contributed by atoms with Crippen LogP contribution >= 0.6 is 0 Å². The fraction of sp³-hybridized carbons (Fsp3) is 0.300. The van der Waals surface area contributed by atoms with E-state index in [2.05, 4.69) is 20.5 Å². The second-order valence-electron chi connectivity index (χ2n) is 6.83. The molecule has 0 bridgehead atoms. The number of fused-ring (bicyclic) bond motifs is 1. The van der Waals surface area contributed by atoms with Crippen molar-refractivity contribution in [3.05, 3.63) is 54.7 Å². The molecule has 1 amide bonds. The molecule has 4 heterocycles. The molecule has 0 fully saturated rings. The van der Waals surface area contributed by atoms with Gasteiger partial charge in [-0.2, -0.15) is 10.2 Å². The van der Waals surface area contributed by atoms with E-state index in [1.807, 2.05) is 41.5 Å². The molecular formula is C20H22N6O2. The molecule has 0 aliphatic heterocycles. The molecule has 28 heavy (non-hydrogen) atoms. The summed E-state index contributed by atoms with van der Waals surface area (Å²) in [6.45, 7) is 5.37. The number of nitrogens with zero attached hydrogens (tertiary/aromatic N) is 5. The van der Waals surface area contributed by atoms with Gasteiger partial charge in [-0.15, -0.1) is 0 Å². The average Bonchev–Trinajstić information content (AvgIpc) is 3.45. The first-order valence-corrected chi connectivity index (χ1v) is 9.31. The molecule has 8 nitrogen and oxygen atoms in total. The predicted molar refractivity (Wildman–Crippen MR) is 105 cm³/mol. The summed E-state index contributed by atoms with van der Waals surface area (Å²) in [4.78, 5) is 17.6. The normalized spacial score (nSPS) is 11.4. The minimum Gasteiger partial charge on any atom is -0.463 e. The van der Waals surface area contributed by atoms with Crippen molar-refractivity contribution in [2.75, 3.05) is 6.54 Å². The largest absolute Gasteiger partial charge is 0.463 e. The third kappa shape index (κ3) is 3.53. The molecule has 4 rings (SSSR count). The molecular weight excluding hydrogens is 356 g/mol. The lowest BCUT2D eigenvalue weighted by molar-refractivity contribution is 0.0954. The number of pyridine rings is 1. The quantitative estimate of drug-likeness (QED) is 0.498. The lowest BCUT2D eigenvalue weighted by Crippen LogP contribution is -2.25. The van der Waals surface area contributed by atoms with Gasteiger partial charge in [0.25, 0.3) is 5.91 Å². The van der Waals surface area contributed by atoms with Crippen molar-refractivity contribution in [1.82, 2.24) is 29.9 Å². The molecule has 0 aliphatic rings. The number of hydrogen-bond acceptors (Lipinski definition) is 5. The molecule has 1 N–H and O–H groups in total. The van der Waals surface area contributed by atoms with E-state index in [1.165, 1.54) is 0 Å². The zero-order valence-corrected chi connectivity index (χ0v) is 15.9. The number of furan rings is 1. The second kappa shape index (κ2) is 7.67. The molecule has 4 aromatic rings. The number of aromatic nitrogens is 5.